The van der Waals surface area contributed by atoms with Crippen LogP contribution in [-0.2, 0) is 4.74 Å². The van der Waals surface area contributed by atoms with Gasteiger partial charge in [0.15, 0.2) is 5.76 Å². The van der Waals surface area contributed by atoms with E-state index in [-0.39, 0.29) is 30.6 Å². The molecule has 2 aromatic rings. The summed E-state index contributed by atoms with van der Waals surface area (Å²) in [4.78, 5) is 30.6. The first-order valence-corrected chi connectivity index (χ1v) is 14.0. The molecule has 1 aliphatic rings. The number of aromatic nitrogens is 1. The van der Waals surface area contributed by atoms with Crippen molar-refractivity contribution in [1.29, 1.82) is 0 Å². The van der Waals surface area contributed by atoms with Crippen LogP contribution in [0, 0.1) is 19.8 Å². The molecule has 0 spiro atoms. The molecular weight excluding hydrogens is 514 g/mol. The van der Waals surface area contributed by atoms with Gasteiger partial charge in [-0.3, -0.25) is 4.79 Å². The van der Waals surface area contributed by atoms with Gasteiger partial charge in [0.2, 0.25) is 0 Å². The Hall–Kier alpha value is -3.15. The fourth-order valence-corrected chi connectivity index (χ4v) is 4.76. The highest BCUT2D eigenvalue weighted by Gasteiger charge is 2.30. The monoisotopic (exact) mass is 559 g/mol. The van der Waals surface area contributed by atoms with Gasteiger partial charge in [-0.05, 0) is 79.3 Å². The molecule has 1 aromatic carbocycles. The van der Waals surface area contributed by atoms with Crippen molar-refractivity contribution >= 4 is 23.3 Å². The summed E-state index contributed by atoms with van der Waals surface area (Å²) >= 11 is 0. The molecule has 4 atom stereocenters. The Balaban J connectivity index is 1.94. The molecule has 0 saturated carbocycles. The van der Waals surface area contributed by atoms with Crippen molar-refractivity contribution in [3.05, 3.63) is 35.2 Å². The summed E-state index contributed by atoms with van der Waals surface area (Å²) in [6.45, 7) is 10.9. The molecule has 0 fully saturated rings. The average Bonchev–Trinajstić information content (AvgIpc) is 3.22. The van der Waals surface area contributed by atoms with E-state index in [1.54, 1.807) is 36.9 Å². The van der Waals surface area contributed by atoms with Gasteiger partial charge in [0.1, 0.15) is 17.1 Å². The molecule has 0 saturated heterocycles. The van der Waals surface area contributed by atoms with Gasteiger partial charge >= 0.3 is 6.03 Å². The number of rotatable bonds is 6. The molecule has 1 aromatic heterocycles. The number of aryl methyl sites for hydroxylation is 2. The third kappa shape index (κ3) is 8.42. The molecule has 11 heteroatoms. The van der Waals surface area contributed by atoms with Crippen molar-refractivity contribution in [3.63, 3.8) is 0 Å². The number of fused-ring (bicyclic) bond motifs is 1. The van der Waals surface area contributed by atoms with E-state index in [0.717, 1.165) is 25.8 Å². The topological polar surface area (TPSA) is 129 Å². The zero-order valence-electron chi connectivity index (χ0n) is 24.8. The highest BCUT2D eigenvalue weighted by atomic mass is 16.5. The van der Waals surface area contributed by atoms with Crippen molar-refractivity contribution < 1.29 is 28.7 Å². The zero-order chi connectivity index (χ0) is 29.4. The van der Waals surface area contributed by atoms with E-state index in [1.807, 2.05) is 27.9 Å². The lowest BCUT2D eigenvalue weighted by molar-refractivity contribution is -0.0137. The van der Waals surface area contributed by atoms with Crippen LogP contribution in [0.1, 0.15) is 61.8 Å². The van der Waals surface area contributed by atoms with Crippen LogP contribution in [0.4, 0.5) is 16.2 Å². The Morgan fingerprint density at radius 1 is 1.23 bits per heavy atom. The number of hydrogen-bond acceptors (Lipinski definition) is 8. The molecule has 0 radical (unpaired) electrons. The van der Waals surface area contributed by atoms with E-state index in [0.29, 0.717) is 47.3 Å². The minimum Gasteiger partial charge on any atom is -0.490 e. The molecule has 3 N–H and O–H groups in total. The van der Waals surface area contributed by atoms with Crippen LogP contribution in [0.25, 0.3) is 0 Å². The summed E-state index contributed by atoms with van der Waals surface area (Å²) < 4.78 is 17.6. The van der Waals surface area contributed by atoms with Crippen LogP contribution >= 0.6 is 0 Å². The predicted octanol–water partition coefficient (Wildman–Crippen LogP) is 4.29. The summed E-state index contributed by atoms with van der Waals surface area (Å²) in [5.74, 6) is 0.656. The number of urea groups is 1. The first kappa shape index (κ1) is 31.4. The van der Waals surface area contributed by atoms with Crippen LogP contribution in [0.5, 0.6) is 5.75 Å². The van der Waals surface area contributed by atoms with Crippen molar-refractivity contribution in [2.24, 2.45) is 5.92 Å². The third-order valence-electron chi connectivity index (χ3n) is 7.13. The van der Waals surface area contributed by atoms with Gasteiger partial charge in [-0.25, -0.2) is 4.79 Å². The predicted molar refractivity (Wildman–Crippen MR) is 154 cm³/mol. The summed E-state index contributed by atoms with van der Waals surface area (Å²) in [6, 6.07) is 4.11. The molecule has 0 unspecified atom stereocenters. The number of hydrogen-bond donors (Lipinski definition) is 3. The van der Waals surface area contributed by atoms with Crippen molar-refractivity contribution in [2.75, 3.05) is 51.0 Å². The van der Waals surface area contributed by atoms with Crippen LogP contribution in [0.3, 0.4) is 0 Å². The number of ether oxygens (including phenoxy) is 2. The largest absolute Gasteiger partial charge is 0.490 e. The zero-order valence-corrected chi connectivity index (χ0v) is 24.8. The highest BCUT2D eigenvalue weighted by Crippen LogP contribution is 2.29. The molecule has 11 nitrogen and oxygen atoms in total. The summed E-state index contributed by atoms with van der Waals surface area (Å²) in [5.41, 5.74) is 1.80. The van der Waals surface area contributed by atoms with Gasteiger partial charge < -0.3 is 39.5 Å². The van der Waals surface area contributed by atoms with Crippen molar-refractivity contribution in [3.8, 4) is 5.75 Å². The van der Waals surface area contributed by atoms with Gasteiger partial charge in [0.05, 0.1) is 30.4 Å². The molecule has 40 heavy (non-hydrogen) atoms. The number of aliphatic hydroxyl groups is 1. The van der Waals surface area contributed by atoms with E-state index >= 15 is 0 Å². The fourth-order valence-electron chi connectivity index (χ4n) is 4.76. The normalized spacial score (nSPS) is 21.8. The Labute approximate surface area is 237 Å². The summed E-state index contributed by atoms with van der Waals surface area (Å²) in [6.07, 6.45) is 2.45. The third-order valence-corrected chi connectivity index (χ3v) is 7.13. The Kier molecular flexibility index (Phi) is 11.4. The second-order valence-electron chi connectivity index (χ2n) is 11.1. The van der Waals surface area contributed by atoms with Gasteiger partial charge in [-0.15, -0.1) is 0 Å². The number of benzene rings is 1. The van der Waals surface area contributed by atoms with Crippen LogP contribution < -0.4 is 15.4 Å². The highest BCUT2D eigenvalue weighted by molar-refractivity contribution is 6.03. The Morgan fingerprint density at radius 3 is 2.62 bits per heavy atom. The van der Waals surface area contributed by atoms with Gasteiger partial charge in [0, 0.05) is 31.3 Å². The maximum absolute atomic E-state index is 14.1. The molecule has 1 aliphatic heterocycles. The number of nitrogens with zero attached hydrogens (tertiary/aromatic N) is 3. The minimum atomic E-state index is -0.491. The number of carbonyl (C=O) groups excluding carboxylic acids is 2. The molecule has 222 valence electrons. The minimum absolute atomic E-state index is 0.00807. The van der Waals surface area contributed by atoms with Crippen LogP contribution in [0.2, 0.25) is 0 Å². The summed E-state index contributed by atoms with van der Waals surface area (Å²) in [5, 5.41) is 19.5. The van der Waals surface area contributed by atoms with Gasteiger partial charge in [-0.1, -0.05) is 12.1 Å². The number of nitrogens with one attached hydrogen (secondary N) is 2. The van der Waals surface area contributed by atoms with Gasteiger partial charge in [0.25, 0.3) is 5.91 Å². The lowest BCUT2D eigenvalue weighted by Crippen LogP contribution is -2.47. The smallest absolute Gasteiger partial charge is 0.323 e. The molecule has 0 aliphatic carbocycles. The summed E-state index contributed by atoms with van der Waals surface area (Å²) in [7, 11) is 4.01. The molecule has 0 bridgehead atoms. The molecular formula is C29H45N5O6. The quantitative estimate of drug-likeness (QED) is 0.478. The van der Waals surface area contributed by atoms with E-state index in [4.69, 9.17) is 14.0 Å². The van der Waals surface area contributed by atoms with Crippen LogP contribution in [0.15, 0.2) is 22.7 Å². The SMILES string of the molecule is Cc1noc(C)c1NC(=O)Nc1ccc2c(c1)C(=O)N([C@H](C)CO)C[C@@H](C)[C@@H](CN(C)C)OCCCC[C@@H](C)O2. The standard InChI is InChI=1S/C29H45N5O6/c1-18-15-34(19(2)17-35)28(36)24-14-23(30-29(37)31-27-21(4)32-40-22(27)5)11-12-25(24)39-20(3)10-8-9-13-38-26(18)16-33(6)7/h11-12,14,18-20,26,35H,8-10,13,15-17H2,1-7H3,(H2,30,31,37)/t18-,19-,20-,26-/m1/s1. The maximum Gasteiger partial charge on any atom is 0.323 e. The molecule has 3 amide bonds. The number of likely N-dealkylation sites (N-methyl/N-ethyl adjacent to an activating group) is 1. The van der Waals surface area contributed by atoms with E-state index in [1.165, 1.54) is 0 Å². The second kappa shape index (κ2) is 14.5. The van der Waals surface area contributed by atoms with E-state index < -0.39 is 12.1 Å². The number of anilines is 2. The number of aliphatic hydroxyl groups excluding tert-OH is 1. The first-order chi connectivity index (χ1) is 19.0. The Bertz CT molecular complexity index is 1120. The number of amides is 3. The van der Waals surface area contributed by atoms with E-state index in [9.17, 15) is 14.7 Å². The van der Waals surface area contributed by atoms with Crippen molar-refractivity contribution in [2.45, 2.75) is 72.1 Å². The lowest BCUT2D eigenvalue weighted by Gasteiger charge is -2.35. The van der Waals surface area contributed by atoms with Gasteiger partial charge in [-0.2, -0.15) is 0 Å². The maximum atomic E-state index is 14.1. The lowest BCUT2D eigenvalue weighted by atomic mass is 10.0. The fraction of sp³-hybridized carbons (Fsp3) is 0.621. The van der Waals surface area contributed by atoms with Crippen molar-refractivity contribution in [1.82, 2.24) is 15.0 Å². The Morgan fingerprint density at radius 2 is 1.98 bits per heavy atom. The average molecular weight is 560 g/mol. The molecule has 2 heterocycles. The first-order valence-electron chi connectivity index (χ1n) is 14.0. The van der Waals surface area contributed by atoms with E-state index in [2.05, 4.69) is 27.6 Å². The second-order valence-corrected chi connectivity index (χ2v) is 11.1. The van der Waals surface area contributed by atoms with Crippen LogP contribution in [-0.4, -0.2) is 90.6 Å². The molecule has 3 rings (SSSR count). The number of carbonyl (C=O) groups is 2.